The van der Waals surface area contributed by atoms with E-state index in [0.29, 0.717) is 22.8 Å². The summed E-state index contributed by atoms with van der Waals surface area (Å²) in [5.74, 6) is -0.375. The number of thiazole rings is 1. The normalized spacial score (nSPS) is 14.9. The summed E-state index contributed by atoms with van der Waals surface area (Å²) in [5, 5.41) is 0.608. The number of halogens is 1. The van der Waals surface area contributed by atoms with Crippen LogP contribution in [0, 0.1) is 5.82 Å². The maximum absolute atomic E-state index is 13.6. The van der Waals surface area contributed by atoms with E-state index < -0.39 is 0 Å². The van der Waals surface area contributed by atoms with Crippen LogP contribution in [-0.4, -0.2) is 61.4 Å². The second kappa shape index (κ2) is 9.87. The first-order chi connectivity index (χ1) is 14.6. The molecule has 1 aromatic heterocycles. The molecule has 0 unspecified atom stereocenters. The third kappa shape index (κ3) is 5.00. The molecule has 0 spiro atoms. The number of morpholine rings is 1. The van der Waals surface area contributed by atoms with Crippen molar-refractivity contribution in [2.75, 3.05) is 50.5 Å². The highest BCUT2D eigenvalue weighted by atomic mass is 32.2. The van der Waals surface area contributed by atoms with Crippen LogP contribution in [0.15, 0.2) is 47.4 Å². The lowest BCUT2D eigenvalue weighted by Crippen LogP contribution is -2.39. The fourth-order valence-electron chi connectivity index (χ4n) is 3.45. The van der Waals surface area contributed by atoms with Crippen molar-refractivity contribution in [3.05, 3.63) is 53.8 Å². The van der Waals surface area contributed by atoms with E-state index in [9.17, 15) is 9.18 Å². The molecule has 158 valence electrons. The lowest BCUT2D eigenvalue weighted by Gasteiger charge is -2.27. The second-order valence-corrected chi connectivity index (χ2v) is 8.99. The molecule has 5 nitrogen and oxygen atoms in total. The minimum atomic E-state index is -0.296. The molecule has 2 aromatic carbocycles. The van der Waals surface area contributed by atoms with E-state index in [0.717, 1.165) is 48.9 Å². The van der Waals surface area contributed by atoms with Crippen LogP contribution in [0.1, 0.15) is 16.8 Å². The molecule has 1 aliphatic rings. The van der Waals surface area contributed by atoms with Crippen LogP contribution in [0.2, 0.25) is 0 Å². The van der Waals surface area contributed by atoms with Crippen LogP contribution in [-0.2, 0) is 4.74 Å². The smallest absolute Gasteiger partial charge is 0.260 e. The summed E-state index contributed by atoms with van der Waals surface area (Å²) in [6.45, 7) is 4.82. The Kier molecular flexibility index (Phi) is 6.99. The lowest BCUT2D eigenvalue weighted by atomic mass is 10.2. The Morgan fingerprint density at radius 3 is 2.73 bits per heavy atom. The van der Waals surface area contributed by atoms with Gasteiger partial charge in [-0.1, -0.05) is 11.3 Å². The number of thioether (sulfide) groups is 1. The van der Waals surface area contributed by atoms with E-state index in [-0.39, 0.29) is 11.7 Å². The van der Waals surface area contributed by atoms with E-state index >= 15 is 0 Å². The Balaban J connectivity index is 1.56. The molecule has 0 saturated carbocycles. The molecule has 1 amide bonds. The number of hydrogen-bond acceptors (Lipinski definition) is 6. The average Bonchev–Trinajstić information content (AvgIpc) is 3.20. The van der Waals surface area contributed by atoms with Gasteiger partial charge in [0.1, 0.15) is 5.82 Å². The van der Waals surface area contributed by atoms with Crippen LogP contribution < -0.4 is 4.90 Å². The molecule has 0 aliphatic carbocycles. The summed E-state index contributed by atoms with van der Waals surface area (Å²) in [6, 6.07) is 12.2. The lowest BCUT2D eigenvalue weighted by molar-refractivity contribution is 0.0376. The number of aromatic nitrogens is 1. The van der Waals surface area contributed by atoms with Crippen LogP contribution in [0.3, 0.4) is 0 Å². The van der Waals surface area contributed by atoms with E-state index in [1.54, 1.807) is 22.7 Å². The molecule has 0 N–H and O–H groups in total. The van der Waals surface area contributed by atoms with Crippen molar-refractivity contribution in [2.45, 2.75) is 11.3 Å². The zero-order valence-corrected chi connectivity index (χ0v) is 18.5. The monoisotopic (exact) mass is 445 g/mol. The van der Waals surface area contributed by atoms with Crippen LogP contribution in [0.5, 0.6) is 0 Å². The Morgan fingerprint density at radius 1 is 1.23 bits per heavy atom. The zero-order chi connectivity index (χ0) is 20.9. The number of carbonyl (C=O) groups is 1. The van der Waals surface area contributed by atoms with Gasteiger partial charge in [-0.3, -0.25) is 14.6 Å². The van der Waals surface area contributed by atoms with E-state index in [4.69, 9.17) is 4.74 Å². The van der Waals surface area contributed by atoms with Gasteiger partial charge >= 0.3 is 0 Å². The highest BCUT2D eigenvalue weighted by molar-refractivity contribution is 7.98. The first-order valence-corrected chi connectivity index (χ1v) is 12.0. The quantitative estimate of drug-likeness (QED) is 0.500. The number of benzene rings is 2. The summed E-state index contributed by atoms with van der Waals surface area (Å²) in [6.07, 6.45) is 2.84. The molecule has 1 aliphatic heterocycles. The fourth-order valence-corrected chi connectivity index (χ4v) is 4.88. The van der Waals surface area contributed by atoms with Crippen LogP contribution in [0.25, 0.3) is 10.2 Å². The first-order valence-electron chi connectivity index (χ1n) is 9.96. The summed E-state index contributed by atoms with van der Waals surface area (Å²) >= 11 is 2.99. The van der Waals surface area contributed by atoms with Gasteiger partial charge in [-0.2, -0.15) is 0 Å². The highest BCUT2D eigenvalue weighted by Crippen LogP contribution is 2.30. The van der Waals surface area contributed by atoms with Gasteiger partial charge in [0.05, 0.1) is 23.4 Å². The molecule has 0 atom stereocenters. The number of rotatable bonds is 7. The minimum Gasteiger partial charge on any atom is -0.379 e. The topological polar surface area (TPSA) is 45.7 Å². The number of fused-ring (bicyclic) bond motifs is 1. The van der Waals surface area contributed by atoms with Crippen molar-refractivity contribution in [1.29, 1.82) is 0 Å². The SMILES string of the molecule is CSc1ccc(C(=O)N(CCCN2CCOCC2)c2nc3ccc(F)cc3s2)cc1. The van der Waals surface area contributed by atoms with E-state index in [2.05, 4.69) is 9.88 Å². The second-order valence-electron chi connectivity index (χ2n) is 7.10. The average molecular weight is 446 g/mol. The van der Waals surface area contributed by atoms with Gasteiger partial charge in [0.15, 0.2) is 5.13 Å². The molecule has 1 fully saturated rings. The molecular weight excluding hydrogens is 421 g/mol. The summed E-state index contributed by atoms with van der Waals surface area (Å²) in [5.41, 5.74) is 1.34. The molecule has 0 radical (unpaired) electrons. The third-order valence-corrected chi connectivity index (χ3v) is 6.90. The van der Waals surface area contributed by atoms with Crippen molar-refractivity contribution in [3.8, 4) is 0 Å². The third-order valence-electron chi connectivity index (χ3n) is 5.11. The summed E-state index contributed by atoms with van der Waals surface area (Å²) < 4.78 is 19.8. The van der Waals surface area contributed by atoms with E-state index in [1.165, 1.54) is 23.5 Å². The Labute approximate surface area is 183 Å². The van der Waals surface area contributed by atoms with Crippen molar-refractivity contribution < 1.29 is 13.9 Å². The molecule has 2 heterocycles. The minimum absolute atomic E-state index is 0.0795. The largest absolute Gasteiger partial charge is 0.379 e. The number of ether oxygens (including phenoxy) is 1. The summed E-state index contributed by atoms with van der Waals surface area (Å²) in [4.78, 5) is 23.2. The maximum atomic E-state index is 13.6. The molecule has 4 rings (SSSR count). The van der Waals surface area contributed by atoms with Gasteiger partial charge in [-0.25, -0.2) is 9.37 Å². The number of carbonyl (C=O) groups excluding carboxylic acids is 1. The predicted molar refractivity (Wildman–Crippen MR) is 121 cm³/mol. The van der Waals surface area contributed by atoms with Crippen LogP contribution >= 0.6 is 23.1 Å². The number of hydrogen-bond donors (Lipinski definition) is 0. The molecule has 0 bridgehead atoms. The van der Waals surface area contributed by atoms with Gasteiger partial charge in [0.25, 0.3) is 5.91 Å². The Morgan fingerprint density at radius 2 is 2.00 bits per heavy atom. The van der Waals surface area contributed by atoms with Crippen LogP contribution in [0.4, 0.5) is 9.52 Å². The molecule has 8 heteroatoms. The molecule has 30 heavy (non-hydrogen) atoms. The number of anilines is 1. The standard InChI is InChI=1S/C22H24FN3O2S2/c1-29-18-6-3-16(4-7-18)21(27)26(10-2-9-25-11-13-28-14-12-25)22-24-19-8-5-17(23)15-20(19)30-22/h3-8,15H,2,9-14H2,1H3. The zero-order valence-electron chi connectivity index (χ0n) is 16.8. The first kappa shape index (κ1) is 21.2. The summed E-state index contributed by atoms with van der Waals surface area (Å²) in [7, 11) is 0. The predicted octanol–water partition coefficient (Wildman–Crippen LogP) is 4.53. The highest BCUT2D eigenvalue weighted by Gasteiger charge is 2.22. The number of amides is 1. The van der Waals surface area contributed by atoms with Gasteiger partial charge in [0, 0.05) is 36.6 Å². The van der Waals surface area contributed by atoms with E-state index in [1.807, 2.05) is 30.5 Å². The van der Waals surface area contributed by atoms with Gasteiger partial charge in [-0.15, -0.1) is 11.8 Å². The maximum Gasteiger partial charge on any atom is 0.260 e. The number of nitrogens with zero attached hydrogens (tertiary/aromatic N) is 3. The van der Waals surface area contributed by atoms with Crippen molar-refractivity contribution in [2.24, 2.45) is 0 Å². The Bertz CT molecular complexity index is 1000. The van der Waals surface area contributed by atoms with Gasteiger partial charge in [0.2, 0.25) is 0 Å². The fraction of sp³-hybridized carbons (Fsp3) is 0.364. The molecule has 1 saturated heterocycles. The van der Waals surface area contributed by atoms with Crippen molar-refractivity contribution >= 4 is 44.4 Å². The van der Waals surface area contributed by atoms with Gasteiger partial charge < -0.3 is 4.74 Å². The Hall–Kier alpha value is -2.00. The molecular formula is C22H24FN3O2S2. The van der Waals surface area contributed by atoms with Gasteiger partial charge in [-0.05, 0) is 55.1 Å². The van der Waals surface area contributed by atoms with Crippen molar-refractivity contribution in [1.82, 2.24) is 9.88 Å². The molecule has 3 aromatic rings. The van der Waals surface area contributed by atoms with Crippen molar-refractivity contribution in [3.63, 3.8) is 0 Å².